The van der Waals surface area contributed by atoms with E-state index in [1.54, 1.807) is 18.2 Å². The minimum atomic E-state index is -0.482. The number of oxazole rings is 1. The van der Waals surface area contributed by atoms with Crippen molar-refractivity contribution in [2.45, 2.75) is 25.7 Å². The molecule has 1 aliphatic heterocycles. The Morgan fingerprint density at radius 1 is 1.36 bits per heavy atom. The number of aromatic amines is 1. The highest BCUT2D eigenvalue weighted by Gasteiger charge is 2.49. The fourth-order valence-corrected chi connectivity index (χ4v) is 3.98. The maximum atomic E-state index is 12.9. The average Bonchev–Trinajstić information content (AvgIpc) is 3.09. The molecule has 0 spiro atoms. The van der Waals surface area contributed by atoms with Crippen molar-refractivity contribution >= 4 is 22.7 Å². The third-order valence-electron chi connectivity index (χ3n) is 5.17. The summed E-state index contributed by atoms with van der Waals surface area (Å²) >= 11 is 0. The highest BCUT2D eigenvalue weighted by Crippen LogP contribution is 2.44. The van der Waals surface area contributed by atoms with E-state index < -0.39 is 5.76 Å². The van der Waals surface area contributed by atoms with Gasteiger partial charge in [0.2, 0.25) is 5.91 Å². The number of rotatable bonds is 2. The van der Waals surface area contributed by atoms with Crippen LogP contribution in [0, 0.1) is 11.3 Å². The van der Waals surface area contributed by atoms with Crippen LogP contribution < -0.4 is 16.4 Å². The lowest BCUT2D eigenvalue weighted by molar-refractivity contribution is -0.128. The number of nitrogens with one attached hydrogen (secondary N) is 3. The quantitative estimate of drug-likeness (QED) is 0.790. The van der Waals surface area contributed by atoms with Crippen LogP contribution in [0.1, 0.15) is 25.7 Å². The first-order chi connectivity index (χ1) is 10.7. The van der Waals surface area contributed by atoms with Gasteiger partial charge in [-0.2, -0.15) is 0 Å². The number of carbonyl (C=O) groups excluding carboxylic acids is 1. The van der Waals surface area contributed by atoms with Gasteiger partial charge in [-0.1, -0.05) is 12.8 Å². The van der Waals surface area contributed by atoms with Crippen LogP contribution in [0.25, 0.3) is 11.1 Å². The van der Waals surface area contributed by atoms with Gasteiger partial charge in [-0.25, -0.2) is 4.79 Å². The van der Waals surface area contributed by atoms with Gasteiger partial charge in [0.05, 0.1) is 10.9 Å². The lowest BCUT2D eigenvalue weighted by Crippen LogP contribution is -2.44. The van der Waals surface area contributed by atoms with E-state index in [2.05, 4.69) is 15.6 Å². The van der Waals surface area contributed by atoms with Crippen molar-refractivity contribution in [2.24, 2.45) is 11.3 Å². The molecule has 4 rings (SSSR count). The van der Waals surface area contributed by atoms with Gasteiger partial charge in [0.1, 0.15) is 0 Å². The Morgan fingerprint density at radius 2 is 2.27 bits per heavy atom. The highest BCUT2D eigenvalue weighted by atomic mass is 16.4. The van der Waals surface area contributed by atoms with E-state index in [-0.39, 0.29) is 11.3 Å². The summed E-state index contributed by atoms with van der Waals surface area (Å²) in [6, 6.07) is 5.22. The minimum absolute atomic E-state index is 0.0902. The van der Waals surface area contributed by atoms with E-state index in [4.69, 9.17) is 4.42 Å². The molecule has 116 valence electrons. The summed E-state index contributed by atoms with van der Waals surface area (Å²) in [5, 5.41) is 6.41. The fraction of sp³-hybridized carbons (Fsp3) is 0.500. The summed E-state index contributed by atoms with van der Waals surface area (Å²) < 4.78 is 4.98. The number of benzene rings is 1. The Balaban J connectivity index is 1.61. The molecule has 2 heterocycles. The lowest BCUT2D eigenvalue weighted by atomic mass is 9.67. The summed E-state index contributed by atoms with van der Waals surface area (Å²) in [4.78, 5) is 26.7. The third-order valence-corrected chi connectivity index (χ3v) is 5.17. The van der Waals surface area contributed by atoms with Crippen molar-refractivity contribution in [3.05, 3.63) is 28.7 Å². The number of aromatic nitrogens is 1. The van der Waals surface area contributed by atoms with Crippen LogP contribution in [0.3, 0.4) is 0 Å². The molecular weight excluding hydrogens is 282 g/mol. The van der Waals surface area contributed by atoms with Crippen LogP contribution in [0.15, 0.2) is 27.4 Å². The lowest BCUT2D eigenvalue weighted by Gasteiger charge is -2.37. The molecule has 2 aromatic rings. The maximum absolute atomic E-state index is 12.9. The summed E-state index contributed by atoms with van der Waals surface area (Å²) in [6.07, 6.45) is 4.39. The topological polar surface area (TPSA) is 87.1 Å². The van der Waals surface area contributed by atoms with Crippen LogP contribution in [0.5, 0.6) is 0 Å². The second-order valence-corrected chi connectivity index (χ2v) is 6.41. The van der Waals surface area contributed by atoms with Gasteiger partial charge in [-0.15, -0.1) is 0 Å². The average molecular weight is 301 g/mol. The number of hydrogen-bond donors (Lipinski definition) is 3. The Hall–Kier alpha value is -2.08. The molecule has 1 saturated carbocycles. The number of hydrogen-bond acceptors (Lipinski definition) is 4. The van der Waals surface area contributed by atoms with E-state index in [1.807, 2.05) is 0 Å². The van der Waals surface area contributed by atoms with Gasteiger partial charge >= 0.3 is 5.76 Å². The molecular formula is C16H19N3O3. The SMILES string of the molecule is O=C(Nc1ccc2oc(=O)[nH]c2c1)[C@@]12CCCC[C@H]1CNC2. The number of H-pyrrole nitrogens is 1. The fourth-order valence-electron chi connectivity index (χ4n) is 3.98. The first-order valence-electron chi connectivity index (χ1n) is 7.82. The zero-order valence-corrected chi connectivity index (χ0v) is 12.3. The molecule has 6 nitrogen and oxygen atoms in total. The van der Waals surface area contributed by atoms with Gasteiger partial charge in [0.25, 0.3) is 0 Å². The van der Waals surface area contributed by atoms with Crippen molar-refractivity contribution in [2.75, 3.05) is 18.4 Å². The normalized spacial score (nSPS) is 27.7. The molecule has 2 aliphatic rings. The molecule has 2 fully saturated rings. The largest absolute Gasteiger partial charge is 0.417 e. The molecule has 0 unspecified atom stereocenters. The summed E-state index contributed by atoms with van der Waals surface area (Å²) in [7, 11) is 0. The van der Waals surface area contributed by atoms with Gasteiger partial charge < -0.3 is 15.1 Å². The zero-order chi connectivity index (χ0) is 15.2. The predicted molar refractivity (Wildman–Crippen MR) is 82.7 cm³/mol. The zero-order valence-electron chi connectivity index (χ0n) is 12.3. The molecule has 1 aromatic heterocycles. The van der Waals surface area contributed by atoms with Crippen LogP contribution >= 0.6 is 0 Å². The molecule has 1 saturated heterocycles. The first-order valence-corrected chi connectivity index (χ1v) is 7.82. The molecule has 1 aromatic carbocycles. The molecule has 1 amide bonds. The maximum Gasteiger partial charge on any atom is 0.417 e. The van der Waals surface area contributed by atoms with Crippen molar-refractivity contribution in [1.29, 1.82) is 0 Å². The summed E-state index contributed by atoms with van der Waals surface area (Å²) in [5.74, 6) is 0.0375. The molecule has 1 aliphatic carbocycles. The number of anilines is 1. The summed E-state index contributed by atoms with van der Waals surface area (Å²) in [5.41, 5.74) is 1.52. The van der Waals surface area contributed by atoms with Crippen molar-refractivity contribution in [3.8, 4) is 0 Å². The van der Waals surface area contributed by atoms with Crippen LogP contribution in [-0.4, -0.2) is 24.0 Å². The Bertz CT molecular complexity index is 778. The summed E-state index contributed by atoms with van der Waals surface area (Å²) in [6.45, 7) is 1.69. The second kappa shape index (κ2) is 4.98. The van der Waals surface area contributed by atoms with Gasteiger partial charge in [0, 0.05) is 12.2 Å². The number of amides is 1. The molecule has 2 atom stereocenters. The van der Waals surface area contributed by atoms with Gasteiger partial charge in [-0.3, -0.25) is 9.78 Å². The smallest absolute Gasteiger partial charge is 0.408 e. The van der Waals surface area contributed by atoms with E-state index >= 15 is 0 Å². The van der Waals surface area contributed by atoms with Crippen molar-refractivity contribution in [3.63, 3.8) is 0 Å². The monoisotopic (exact) mass is 301 g/mol. The highest BCUT2D eigenvalue weighted by molar-refractivity contribution is 5.97. The molecule has 6 heteroatoms. The van der Waals surface area contributed by atoms with Gasteiger partial charge in [-0.05, 0) is 43.5 Å². The Labute approximate surface area is 127 Å². The number of fused-ring (bicyclic) bond motifs is 2. The molecule has 22 heavy (non-hydrogen) atoms. The van der Waals surface area contributed by atoms with Crippen LogP contribution in [0.2, 0.25) is 0 Å². The van der Waals surface area contributed by atoms with Gasteiger partial charge in [0.15, 0.2) is 5.58 Å². The standard InChI is InChI=1S/C16H19N3O3/c20-14(16-6-2-1-3-10(16)8-17-9-16)18-11-4-5-13-12(7-11)19-15(21)22-13/h4-5,7,10,17H,1-3,6,8-9H2,(H,18,20)(H,19,21)/t10-,16+/m0/s1. The van der Waals surface area contributed by atoms with Crippen LogP contribution in [0.4, 0.5) is 5.69 Å². The van der Waals surface area contributed by atoms with E-state index in [9.17, 15) is 9.59 Å². The minimum Gasteiger partial charge on any atom is -0.408 e. The molecule has 0 radical (unpaired) electrons. The number of carbonyl (C=O) groups is 1. The van der Waals surface area contributed by atoms with E-state index in [0.29, 0.717) is 22.7 Å². The predicted octanol–water partition coefficient (Wildman–Crippen LogP) is 1.84. The van der Waals surface area contributed by atoms with Crippen molar-refractivity contribution in [1.82, 2.24) is 10.3 Å². The Morgan fingerprint density at radius 3 is 3.18 bits per heavy atom. The molecule has 0 bridgehead atoms. The van der Waals surface area contributed by atoms with Crippen molar-refractivity contribution < 1.29 is 9.21 Å². The van der Waals surface area contributed by atoms with E-state index in [0.717, 1.165) is 32.4 Å². The first kappa shape index (κ1) is 13.6. The van der Waals surface area contributed by atoms with E-state index in [1.165, 1.54) is 6.42 Å². The molecule has 3 N–H and O–H groups in total. The second-order valence-electron chi connectivity index (χ2n) is 6.41. The van der Waals surface area contributed by atoms with Crippen LogP contribution in [-0.2, 0) is 4.79 Å². The Kier molecular flexibility index (Phi) is 3.07. The third kappa shape index (κ3) is 2.06.